The predicted octanol–water partition coefficient (Wildman–Crippen LogP) is 6.82. The van der Waals surface area contributed by atoms with Gasteiger partial charge in [-0.25, -0.2) is 19.7 Å². The van der Waals surface area contributed by atoms with E-state index in [1.54, 1.807) is 23.5 Å². The fraction of sp³-hybridized carbons (Fsp3) is 0.226. The van der Waals surface area contributed by atoms with Crippen molar-refractivity contribution in [2.75, 3.05) is 5.32 Å². The number of ether oxygens (including phenoxy) is 1. The molecule has 0 aliphatic rings. The van der Waals surface area contributed by atoms with Crippen molar-refractivity contribution in [2.24, 2.45) is 0 Å². The molecule has 2 N–H and O–H groups in total. The molecule has 0 saturated heterocycles. The van der Waals surface area contributed by atoms with Gasteiger partial charge in [0, 0.05) is 18.5 Å². The number of anilines is 2. The van der Waals surface area contributed by atoms with Crippen molar-refractivity contribution in [3.8, 4) is 5.75 Å². The van der Waals surface area contributed by atoms with Crippen molar-refractivity contribution in [1.29, 1.82) is 0 Å². The van der Waals surface area contributed by atoms with Crippen LogP contribution in [0, 0.1) is 0 Å². The van der Waals surface area contributed by atoms with Gasteiger partial charge in [0.1, 0.15) is 5.75 Å². The largest absolute Gasteiger partial charge is 0.478 e. The van der Waals surface area contributed by atoms with Gasteiger partial charge in [-0.15, -0.1) is 11.3 Å². The van der Waals surface area contributed by atoms with Crippen LogP contribution in [-0.2, 0) is 24.1 Å². The summed E-state index contributed by atoms with van der Waals surface area (Å²) in [6, 6.07) is 25.8. The van der Waals surface area contributed by atoms with Crippen LogP contribution in [0.3, 0.4) is 0 Å². The maximum atomic E-state index is 11.4. The molecule has 0 saturated carbocycles. The second-order valence-electron chi connectivity index (χ2n) is 9.84. The standard InChI is InChI=1S/C31H30N4O3S/c1-4-20-10-15-26-27(17-20)39-28(35-26)19-24-18-23(16-21-8-6-5-7-9-21)33-30(34-24)32-22-11-13-25(14-12-22)38-31(2,3)29(36)37/h5-15,17-18H,4,16,19H2,1-3H3,(H,36,37)(H,32,33,34). The summed E-state index contributed by atoms with van der Waals surface area (Å²) in [5.41, 5.74) is 4.73. The van der Waals surface area contributed by atoms with E-state index in [0.29, 0.717) is 24.5 Å². The topological polar surface area (TPSA) is 97.2 Å². The molecule has 5 rings (SSSR count). The molecular weight excluding hydrogens is 508 g/mol. The van der Waals surface area contributed by atoms with Gasteiger partial charge in [0.15, 0.2) is 5.60 Å². The molecule has 7 nitrogen and oxygen atoms in total. The van der Waals surface area contributed by atoms with Crippen LogP contribution in [0.4, 0.5) is 11.6 Å². The third-order valence-corrected chi connectivity index (χ3v) is 7.31. The van der Waals surface area contributed by atoms with Gasteiger partial charge in [0.05, 0.1) is 26.6 Å². The summed E-state index contributed by atoms with van der Waals surface area (Å²) in [5, 5.41) is 13.6. The quantitative estimate of drug-likeness (QED) is 0.201. The van der Waals surface area contributed by atoms with Gasteiger partial charge in [-0.3, -0.25) is 0 Å². The molecule has 2 aromatic heterocycles. The second-order valence-corrected chi connectivity index (χ2v) is 11.0. The molecule has 3 aromatic carbocycles. The first-order valence-corrected chi connectivity index (χ1v) is 13.7. The Bertz CT molecular complexity index is 1600. The first-order valence-electron chi connectivity index (χ1n) is 12.9. The number of aromatic nitrogens is 3. The molecule has 198 valence electrons. The van der Waals surface area contributed by atoms with Crippen LogP contribution in [0.1, 0.15) is 48.3 Å². The molecule has 2 heterocycles. The van der Waals surface area contributed by atoms with E-state index in [2.05, 4.69) is 42.6 Å². The van der Waals surface area contributed by atoms with Crippen LogP contribution in [0.25, 0.3) is 10.2 Å². The van der Waals surface area contributed by atoms with Crippen LogP contribution in [0.15, 0.2) is 78.9 Å². The van der Waals surface area contributed by atoms with Gasteiger partial charge in [-0.1, -0.05) is 43.3 Å². The summed E-state index contributed by atoms with van der Waals surface area (Å²) in [7, 11) is 0. The lowest BCUT2D eigenvalue weighted by atomic mass is 10.1. The molecule has 0 bridgehead atoms. The fourth-order valence-electron chi connectivity index (χ4n) is 4.14. The Labute approximate surface area is 231 Å². The summed E-state index contributed by atoms with van der Waals surface area (Å²) < 4.78 is 6.80. The number of rotatable bonds is 10. The molecule has 0 radical (unpaired) electrons. The number of aryl methyl sites for hydroxylation is 1. The third-order valence-electron chi connectivity index (χ3n) is 6.30. The Morgan fingerprint density at radius 2 is 1.62 bits per heavy atom. The Hall–Kier alpha value is -4.30. The fourth-order valence-corrected chi connectivity index (χ4v) is 5.18. The van der Waals surface area contributed by atoms with E-state index in [-0.39, 0.29) is 0 Å². The summed E-state index contributed by atoms with van der Waals surface area (Å²) in [6.45, 7) is 5.19. The summed E-state index contributed by atoms with van der Waals surface area (Å²) in [6.07, 6.45) is 2.29. The molecule has 8 heteroatoms. The molecule has 5 aromatic rings. The number of aliphatic carboxylic acids is 1. The number of fused-ring (bicyclic) bond motifs is 1. The molecular formula is C31H30N4O3S. The number of carbonyl (C=O) groups is 1. The zero-order chi connectivity index (χ0) is 27.4. The minimum absolute atomic E-state index is 0.467. The van der Waals surface area contributed by atoms with Crippen molar-refractivity contribution in [3.63, 3.8) is 0 Å². The number of hydrogen-bond donors (Lipinski definition) is 2. The normalized spacial score (nSPS) is 11.5. The average molecular weight is 539 g/mol. The average Bonchev–Trinajstić information content (AvgIpc) is 3.31. The lowest BCUT2D eigenvalue weighted by molar-refractivity contribution is -0.152. The number of nitrogens with zero attached hydrogens (tertiary/aromatic N) is 3. The number of carboxylic acids is 1. The monoisotopic (exact) mass is 538 g/mol. The number of hydrogen-bond acceptors (Lipinski definition) is 7. The molecule has 0 aliphatic carbocycles. The van der Waals surface area contributed by atoms with E-state index < -0.39 is 11.6 Å². The highest BCUT2D eigenvalue weighted by atomic mass is 32.1. The highest BCUT2D eigenvalue weighted by molar-refractivity contribution is 7.18. The minimum Gasteiger partial charge on any atom is -0.478 e. The van der Waals surface area contributed by atoms with Crippen molar-refractivity contribution >= 4 is 39.2 Å². The zero-order valence-electron chi connectivity index (χ0n) is 22.1. The highest BCUT2D eigenvalue weighted by Gasteiger charge is 2.29. The summed E-state index contributed by atoms with van der Waals surface area (Å²) in [5.74, 6) is -0.0680. The van der Waals surface area contributed by atoms with Crippen molar-refractivity contribution < 1.29 is 14.6 Å². The molecule has 0 amide bonds. The number of carboxylic acid groups (broad SMARTS) is 1. The molecule has 0 aliphatic heterocycles. The Morgan fingerprint density at radius 1 is 0.897 bits per heavy atom. The van der Waals surface area contributed by atoms with E-state index in [1.165, 1.54) is 29.7 Å². The van der Waals surface area contributed by atoms with Crippen LogP contribution in [-0.4, -0.2) is 31.6 Å². The van der Waals surface area contributed by atoms with Gasteiger partial charge in [-0.2, -0.15) is 0 Å². The smallest absolute Gasteiger partial charge is 0.347 e. The van der Waals surface area contributed by atoms with E-state index in [1.807, 2.05) is 36.4 Å². The van der Waals surface area contributed by atoms with E-state index >= 15 is 0 Å². The highest BCUT2D eigenvalue weighted by Crippen LogP contribution is 2.27. The maximum Gasteiger partial charge on any atom is 0.347 e. The van der Waals surface area contributed by atoms with E-state index in [4.69, 9.17) is 19.7 Å². The number of benzene rings is 3. The second kappa shape index (κ2) is 11.2. The molecule has 0 spiro atoms. The van der Waals surface area contributed by atoms with E-state index in [0.717, 1.165) is 34.0 Å². The summed E-state index contributed by atoms with van der Waals surface area (Å²) >= 11 is 1.70. The Balaban J connectivity index is 1.40. The van der Waals surface area contributed by atoms with Crippen molar-refractivity contribution in [1.82, 2.24) is 15.0 Å². The van der Waals surface area contributed by atoms with E-state index in [9.17, 15) is 9.90 Å². The zero-order valence-corrected chi connectivity index (χ0v) is 23.0. The van der Waals surface area contributed by atoms with Crippen LogP contribution >= 0.6 is 11.3 Å². The lowest BCUT2D eigenvalue weighted by Gasteiger charge is -2.21. The Kier molecular flexibility index (Phi) is 7.56. The first kappa shape index (κ1) is 26.3. The number of nitrogens with one attached hydrogen (secondary N) is 1. The first-order chi connectivity index (χ1) is 18.8. The molecule has 0 unspecified atom stereocenters. The Morgan fingerprint density at radius 3 is 2.31 bits per heavy atom. The van der Waals surface area contributed by atoms with Gasteiger partial charge < -0.3 is 15.2 Å². The number of thiazole rings is 1. The van der Waals surface area contributed by atoms with Gasteiger partial charge in [0.2, 0.25) is 5.95 Å². The predicted molar refractivity (Wildman–Crippen MR) is 155 cm³/mol. The molecule has 0 fully saturated rings. The van der Waals surface area contributed by atoms with Crippen molar-refractivity contribution in [2.45, 2.75) is 45.6 Å². The minimum atomic E-state index is -1.32. The summed E-state index contributed by atoms with van der Waals surface area (Å²) in [4.78, 5) is 25.8. The molecule has 0 atom stereocenters. The van der Waals surface area contributed by atoms with Gasteiger partial charge in [-0.05, 0) is 73.9 Å². The van der Waals surface area contributed by atoms with Crippen LogP contribution < -0.4 is 10.1 Å². The van der Waals surface area contributed by atoms with Crippen LogP contribution in [0.5, 0.6) is 5.75 Å². The van der Waals surface area contributed by atoms with Gasteiger partial charge in [0.25, 0.3) is 0 Å². The third kappa shape index (κ3) is 6.59. The van der Waals surface area contributed by atoms with Crippen molar-refractivity contribution in [3.05, 3.63) is 106 Å². The van der Waals surface area contributed by atoms with Gasteiger partial charge >= 0.3 is 5.97 Å². The lowest BCUT2D eigenvalue weighted by Crippen LogP contribution is -2.37. The van der Waals surface area contributed by atoms with Crippen LogP contribution in [0.2, 0.25) is 0 Å². The SMILES string of the molecule is CCc1ccc2nc(Cc3cc(Cc4ccccc4)nc(Nc4ccc(OC(C)(C)C(=O)O)cc4)n3)sc2c1. The molecule has 39 heavy (non-hydrogen) atoms. The maximum absolute atomic E-state index is 11.4.